The summed E-state index contributed by atoms with van der Waals surface area (Å²) in [5, 5.41) is 15.0. The van der Waals surface area contributed by atoms with E-state index in [9.17, 15) is 0 Å². The summed E-state index contributed by atoms with van der Waals surface area (Å²) >= 11 is 1.85. The number of nitrogens with two attached hydrogens (primary N) is 1. The number of hydrogen-bond donors (Lipinski definition) is 3. The fourth-order valence-corrected chi connectivity index (χ4v) is 2.82. The predicted molar refractivity (Wildman–Crippen MR) is 83.2 cm³/mol. The van der Waals surface area contributed by atoms with Gasteiger partial charge in [0.15, 0.2) is 5.84 Å². The number of hydrogen-bond acceptors (Lipinski definition) is 4. The van der Waals surface area contributed by atoms with Crippen LogP contribution in [0.5, 0.6) is 0 Å². The molecule has 0 aliphatic rings. The molecule has 0 saturated heterocycles. The Labute approximate surface area is 122 Å². The lowest BCUT2D eigenvalue weighted by molar-refractivity contribution is 0.318. The minimum absolute atomic E-state index is 0.134. The Morgan fingerprint density at radius 3 is 2.45 bits per heavy atom. The Morgan fingerprint density at radius 2 is 1.85 bits per heavy atom. The minimum atomic E-state index is 0.134. The fraction of sp³-hybridized carbons (Fsp3) is 0.267. The van der Waals surface area contributed by atoms with E-state index >= 15 is 0 Å². The molecule has 0 radical (unpaired) electrons. The molecule has 5 heteroatoms. The third kappa shape index (κ3) is 3.82. The SMILES string of the molecule is CCc1ccc(CNCc2ccc(/C(N)=N/O)cc2)s1. The monoisotopic (exact) mass is 289 g/mol. The van der Waals surface area contributed by atoms with Gasteiger partial charge in [0.05, 0.1) is 0 Å². The highest BCUT2D eigenvalue weighted by atomic mass is 32.1. The quantitative estimate of drug-likeness (QED) is 0.331. The fourth-order valence-electron chi connectivity index (χ4n) is 1.89. The lowest BCUT2D eigenvalue weighted by Crippen LogP contribution is -2.14. The molecule has 0 fully saturated rings. The van der Waals surface area contributed by atoms with E-state index in [1.165, 1.54) is 15.3 Å². The predicted octanol–water partition coefficient (Wildman–Crippen LogP) is 2.69. The Kier molecular flexibility index (Phi) is 5.15. The highest BCUT2D eigenvalue weighted by Crippen LogP contribution is 2.16. The van der Waals surface area contributed by atoms with Crippen LogP contribution in [0.25, 0.3) is 0 Å². The third-order valence-electron chi connectivity index (χ3n) is 3.05. The summed E-state index contributed by atoms with van der Waals surface area (Å²) in [5.41, 5.74) is 7.42. The van der Waals surface area contributed by atoms with Crippen molar-refractivity contribution in [2.45, 2.75) is 26.4 Å². The van der Waals surface area contributed by atoms with E-state index in [-0.39, 0.29) is 5.84 Å². The van der Waals surface area contributed by atoms with Gasteiger partial charge in [0.2, 0.25) is 0 Å². The largest absolute Gasteiger partial charge is 0.409 e. The van der Waals surface area contributed by atoms with Gasteiger partial charge in [-0.2, -0.15) is 0 Å². The van der Waals surface area contributed by atoms with E-state index < -0.39 is 0 Å². The molecule has 4 N–H and O–H groups in total. The van der Waals surface area contributed by atoms with Gasteiger partial charge in [0.25, 0.3) is 0 Å². The van der Waals surface area contributed by atoms with Crippen molar-refractivity contribution >= 4 is 17.2 Å². The Bertz CT molecular complexity index is 575. The van der Waals surface area contributed by atoms with E-state index in [2.05, 4.69) is 29.5 Å². The maximum atomic E-state index is 8.60. The van der Waals surface area contributed by atoms with Gasteiger partial charge in [-0.1, -0.05) is 36.3 Å². The summed E-state index contributed by atoms with van der Waals surface area (Å²) < 4.78 is 0. The summed E-state index contributed by atoms with van der Waals surface area (Å²) in [4.78, 5) is 2.78. The van der Waals surface area contributed by atoms with E-state index in [1.54, 1.807) is 0 Å². The van der Waals surface area contributed by atoms with Crippen molar-refractivity contribution in [1.29, 1.82) is 0 Å². The molecule has 1 aromatic carbocycles. The second-order valence-electron chi connectivity index (χ2n) is 4.51. The summed E-state index contributed by atoms with van der Waals surface area (Å²) in [6.45, 7) is 3.86. The smallest absolute Gasteiger partial charge is 0.170 e. The van der Waals surface area contributed by atoms with Crippen LogP contribution < -0.4 is 11.1 Å². The summed E-state index contributed by atoms with van der Waals surface area (Å²) in [7, 11) is 0. The highest BCUT2D eigenvalue weighted by Gasteiger charge is 2.00. The van der Waals surface area contributed by atoms with Gasteiger partial charge < -0.3 is 16.3 Å². The second-order valence-corrected chi connectivity index (χ2v) is 5.76. The molecule has 2 aromatic rings. The topological polar surface area (TPSA) is 70.6 Å². The molecule has 4 nitrogen and oxygen atoms in total. The molecule has 0 spiro atoms. The van der Waals surface area contributed by atoms with Crippen molar-refractivity contribution in [2.24, 2.45) is 10.9 Å². The van der Waals surface area contributed by atoms with Crippen LogP contribution in [0.2, 0.25) is 0 Å². The number of nitrogens with zero attached hydrogens (tertiary/aromatic N) is 1. The molecule has 0 aliphatic heterocycles. The number of thiophene rings is 1. The molecule has 20 heavy (non-hydrogen) atoms. The molecule has 1 heterocycles. The van der Waals surface area contributed by atoms with Crippen molar-refractivity contribution in [3.8, 4) is 0 Å². The van der Waals surface area contributed by atoms with Crippen LogP contribution in [-0.4, -0.2) is 11.0 Å². The second kappa shape index (κ2) is 7.07. The van der Waals surface area contributed by atoms with Crippen LogP contribution in [0.1, 0.15) is 27.8 Å². The Morgan fingerprint density at radius 1 is 1.15 bits per heavy atom. The lowest BCUT2D eigenvalue weighted by Gasteiger charge is -2.05. The first kappa shape index (κ1) is 14.6. The van der Waals surface area contributed by atoms with Crippen molar-refractivity contribution in [2.75, 3.05) is 0 Å². The van der Waals surface area contributed by atoms with Crippen LogP contribution in [0.3, 0.4) is 0 Å². The molecule has 0 bridgehead atoms. The van der Waals surface area contributed by atoms with Crippen LogP contribution in [0, 0.1) is 0 Å². The van der Waals surface area contributed by atoms with Gasteiger partial charge in [-0.3, -0.25) is 0 Å². The molecule has 0 unspecified atom stereocenters. The number of rotatable bonds is 6. The number of nitrogens with one attached hydrogen (secondary N) is 1. The molecule has 1 aromatic heterocycles. The van der Waals surface area contributed by atoms with E-state index in [4.69, 9.17) is 10.9 Å². The van der Waals surface area contributed by atoms with E-state index in [0.717, 1.165) is 25.1 Å². The first-order valence-electron chi connectivity index (χ1n) is 6.58. The zero-order valence-corrected chi connectivity index (χ0v) is 12.3. The van der Waals surface area contributed by atoms with Gasteiger partial charge in [0.1, 0.15) is 0 Å². The first-order chi connectivity index (χ1) is 9.72. The van der Waals surface area contributed by atoms with E-state index in [0.29, 0.717) is 0 Å². The maximum Gasteiger partial charge on any atom is 0.170 e. The van der Waals surface area contributed by atoms with Crippen molar-refractivity contribution < 1.29 is 5.21 Å². The van der Waals surface area contributed by atoms with Gasteiger partial charge in [-0.15, -0.1) is 11.3 Å². The van der Waals surface area contributed by atoms with Crippen molar-refractivity contribution in [3.05, 3.63) is 57.3 Å². The Balaban J connectivity index is 1.85. The number of amidine groups is 1. The minimum Gasteiger partial charge on any atom is -0.409 e. The number of oxime groups is 1. The zero-order chi connectivity index (χ0) is 14.4. The number of benzene rings is 1. The van der Waals surface area contributed by atoms with Crippen LogP contribution >= 0.6 is 11.3 Å². The normalized spacial score (nSPS) is 11.8. The average Bonchev–Trinajstić information content (AvgIpc) is 2.95. The highest BCUT2D eigenvalue weighted by molar-refractivity contribution is 7.11. The first-order valence-corrected chi connectivity index (χ1v) is 7.39. The van der Waals surface area contributed by atoms with Crippen molar-refractivity contribution in [1.82, 2.24) is 5.32 Å². The average molecular weight is 289 g/mol. The molecular formula is C15H19N3OS. The number of aryl methyl sites for hydroxylation is 1. The molecule has 0 atom stereocenters. The summed E-state index contributed by atoms with van der Waals surface area (Å²) in [6, 6.07) is 12.0. The maximum absolute atomic E-state index is 8.60. The standard InChI is InChI=1S/C15H19N3OS/c1-2-13-7-8-14(20-13)10-17-9-11-3-5-12(6-4-11)15(16)18-19/h3-8,17,19H,2,9-10H2,1H3,(H2,16,18). The summed E-state index contributed by atoms with van der Waals surface area (Å²) in [5.74, 6) is 0.134. The van der Waals surface area contributed by atoms with E-state index in [1.807, 2.05) is 35.6 Å². The summed E-state index contributed by atoms with van der Waals surface area (Å²) in [6.07, 6.45) is 1.10. The van der Waals surface area contributed by atoms with Gasteiger partial charge in [0, 0.05) is 28.4 Å². The molecule has 106 valence electrons. The molecule has 0 amide bonds. The van der Waals surface area contributed by atoms with Gasteiger partial charge in [-0.25, -0.2) is 0 Å². The zero-order valence-electron chi connectivity index (χ0n) is 11.5. The molecule has 0 aliphatic carbocycles. The van der Waals surface area contributed by atoms with Crippen molar-refractivity contribution in [3.63, 3.8) is 0 Å². The third-order valence-corrected chi connectivity index (χ3v) is 4.28. The van der Waals surface area contributed by atoms with Crippen LogP contribution in [-0.2, 0) is 19.5 Å². The Hall–Kier alpha value is -1.85. The molecular weight excluding hydrogens is 270 g/mol. The molecule has 0 saturated carbocycles. The lowest BCUT2D eigenvalue weighted by atomic mass is 10.1. The van der Waals surface area contributed by atoms with Crippen LogP contribution in [0.15, 0.2) is 41.6 Å². The molecule has 2 rings (SSSR count). The van der Waals surface area contributed by atoms with Gasteiger partial charge in [-0.05, 0) is 24.1 Å². The van der Waals surface area contributed by atoms with Crippen LogP contribution in [0.4, 0.5) is 0 Å². The van der Waals surface area contributed by atoms with Gasteiger partial charge >= 0.3 is 0 Å².